The Morgan fingerprint density at radius 3 is 2.56 bits per heavy atom. The monoisotopic (exact) mass is 271 g/mol. The Bertz CT molecular complexity index is 422. The van der Waals surface area contributed by atoms with E-state index in [1.54, 1.807) is 6.08 Å². The first-order chi connectivity index (χ1) is 8.55. The summed E-state index contributed by atoms with van der Waals surface area (Å²) in [6.07, 6.45) is 9.41. The van der Waals surface area contributed by atoms with Crippen molar-refractivity contribution in [1.82, 2.24) is 5.32 Å². The van der Waals surface area contributed by atoms with Crippen molar-refractivity contribution >= 4 is 15.7 Å². The van der Waals surface area contributed by atoms with Crippen LogP contribution in [0.2, 0.25) is 0 Å². The summed E-state index contributed by atoms with van der Waals surface area (Å²) in [4.78, 5) is 11.7. The molecule has 2 aliphatic rings. The summed E-state index contributed by atoms with van der Waals surface area (Å²) in [5.41, 5.74) is 0. The van der Waals surface area contributed by atoms with E-state index in [0.29, 0.717) is 12.3 Å². The fraction of sp³-hybridized carbons (Fsp3) is 0.769. The zero-order valence-corrected chi connectivity index (χ0v) is 11.4. The first-order valence-electron chi connectivity index (χ1n) is 6.75. The molecule has 1 amide bonds. The van der Waals surface area contributed by atoms with Gasteiger partial charge in [-0.15, -0.1) is 0 Å². The molecule has 2 rings (SSSR count). The van der Waals surface area contributed by atoms with Gasteiger partial charge in [-0.1, -0.05) is 32.1 Å². The molecule has 4 nitrogen and oxygen atoms in total. The van der Waals surface area contributed by atoms with Crippen LogP contribution in [0.25, 0.3) is 0 Å². The van der Waals surface area contributed by atoms with Gasteiger partial charge in [0.25, 0.3) is 0 Å². The summed E-state index contributed by atoms with van der Waals surface area (Å²) in [7, 11) is -3.07. The minimum atomic E-state index is -3.07. The molecule has 5 heteroatoms. The number of nitrogens with one attached hydrogen (secondary N) is 1. The van der Waals surface area contributed by atoms with Crippen LogP contribution < -0.4 is 5.32 Å². The Labute approximate surface area is 109 Å². The lowest BCUT2D eigenvalue weighted by Gasteiger charge is -2.21. The van der Waals surface area contributed by atoms with Gasteiger partial charge in [0.05, 0.1) is 11.8 Å². The molecule has 0 aromatic rings. The molecule has 1 fully saturated rings. The maximum atomic E-state index is 11.7. The van der Waals surface area contributed by atoms with E-state index in [9.17, 15) is 13.2 Å². The standard InChI is InChI=1S/C13H21NO3S/c15-13(7-6-11-4-2-1-3-5-11)14-12-8-9-18(16,17)10-12/h8-9,11-12H,1-7,10H2,(H,14,15). The van der Waals surface area contributed by atoms with Crippen LogP contribution in [0.15, 0.2) is 11.5 Å². The lowest BCUT2D eigenvalue weighted by atomic mass is 9.86. The molecule has 1 aliphatic heterocycles. The van der Waals surface area contributed by atoms with E-state index in [4.69, 9.17) is 0 Å². The highest BCUT2D eigenvalue weighted by Crippen LogP contribution is 2.27. The van der Waals surface area contributed by atoms with Crippen molar-refractivity contribution in [2.75, 3.05) is 5.75 Å². The van der Waals surface area contributed by atoms with E-state index in [1.165, 1.54) is 37.5 Å². The van der Waals surface area contributed by atoms with Crippen LogP contribution in [-0.2, 0) is 14.6 Å². The van der Waals surface area contributed by atoms with E-state index in [-0.39, 0.29) is 17.7 Å². The van der Waals surface area contributed by atoms with Crippen molar-refractivity contribution in [3.63, 3.8) is 0 Å². The third-order valence-electron chi connectivity index (χ3n) is 3.78. The molecular formula is C13H21NO3S. The lowest BCUT2D eigenvalue weighted by Crippen LogP contribution is -2.35. The molecule has 0 aromatic heterocycles. The third kappa shape index (κ3) is 4.12. The second-order valence-electron chi connectivity index (χ2n) is 5.37. The van der Waals surface area contributed by atoms with Gasteiger partial charge in [-0.25, -0.2) is 8.42 Å². The molecule has 1 aliphatic carbocycles. The van der Waals surface area contributed by atoms with Gasteiger partial charge < -0.3 is 5.32 Å². The molecule has 0 aromatic carbocycles. The van der Waals surface area contributed by atoms with Crippen LogP contribution in [0.4, 0.5) is 0 Å². The lowest BCUT2D eigenvalue weighted by molar-refractivity contribution is -0.121. The second kappa shape index (κ2) is 5.87. The summed E-state index contributed by atoms with van der Waals surface area (Å²) in [5, 5.41) is 3.96. The van der Waals surface area contributed by atoms with Gasteiger partial charge in [-0.3, -0.25) is 4.79 Å². The van der Waals surface area contributed by atoms with Crippen LogP contribution in [0.5, 0.6) is 0 Å². The Kier molecular flexibility index (Phi) is 4.43. The number of carbonyl (C=O) groups is 1. The highest BCUT2D eigenvalue weighted by atomic mass is 32.2. The van der Waals surface area contributed by atoms with Crippen LogP contribution in [-0.4, -0.2) is 26.1 Å². The summed E-state index contributed by atoms with van der Waals surface area (Å²) in [6, 6.07) is -0.325. The highest BCUT2D eigenvalue weighted by molar-refractivity contribution is 7.94. The first-order valence-corrected chi connectivity index (χ1v) is 8.47. The van der Waals surface area contributed by atoms with Gasteiger partial charge in [0, 0.05) is 11.8 Å². The van der Waals surface area contributed by atoms with Crippen molar-refractivity contribution in [2.45, 2.75) is 51.0 Å². The Morgan fingerprint density at radius 2 is 1.94 bits per heavy atom. The summed E-state index contributed by atoms with van der Waals surface area (Å²) in [5.74, 6) is 0.682. The molecule has 0 spiro atoms. The summed E-state index contributed by atoms with van der Waals surface area (Å²) in [6.45, 7) is 0. The first kappa shape index (κ1) is 13.6. The van der Waals surface area contributed by atoms with Crippen molar-refractivity contribution < 1.29 is 13.2 Å². The quantitative estimate of drug-likeness (QED) is 0.847. The van der Waals surface area contributed by atoms with E-state index in [1.807, 2.05) is 0 Å². The molecule has 1 unspecified atom stereocenters. The molecule has 0 saturated heterocycles. The fourth-order valence-electron chi connectivity index (χ4n) is 2.76. The Hall–Kier alpha value is -0.840. The largest absolute Gasteiger partial charge is 0.349 e. The number of sulfone groups is 1. The Morgan fingerprint density at radius 1 is 1.22 bits per heavy atom. The molecule has 102 valence electrons. The minimum absolute atomic E-state index is 0.0160. The van der Waals surface area contributed by atoms with Gasteiger partial charge in [0.2, 0.25) is 5.91 Å². The maximum Gasteiger partial charge on any atom is 0.220 e. The van der Waals surface area contributed by atoms with E-state index in [0.717, 1.165) is 6.42 Å². The number of amides is 1. The predicted molar refractivity (Wildman–Crippen MR) is 70.7 cm³/mol. The van der Waals surface area contributed by atoms with Crippen LogP contribution in [0.1, 0.15) is 44.9 Å². The van der Waals surface area contributed by atoms with Crippen LogP contribution >= 0.6 is 0 Å². The maximum absolute atomic E-state index is 11.7. The molecule has 1 heterocycles. The van der Waals surface area contributed by atoms with Crippen LogP contribution in [0.3, 0.4) is 0 Å². The molecule has 18 heavy (non-hydrogen) atoms. The van der Waals surface area contributed by atoms with Crippen molar-refractivity contribution in [3.8, 4) is 0 Å². The van der Waals surface area contributed by atoms with E-state index >= 15 is 0 Å². The molecule has 0 bridgehead atoms. The number of carbonyl (C=O) groups excluding carboxylic acids is 1. The molecule has 1 saturated carbocycles. The van der Waals surface area contributed by atoms with Gasteiger partial charge in [0.15, 0.2) is 9.84 Å². The summed E-state index contributed by atoms with van der Waals surface area (Å²) >= 11 is 0. The molecule has 1 N–H and O–H groups in total. The minimum Gasteiger partial charge on any atom is -0.349 e. The number of rotatable bonds is 4. The van der Waals surface area contributed by atoms with E-state index in [2.05, 4.69) is 5.32 Å². The van der Waals surface area contributed by atoms with Gasteiger partial charge in [-0.05, 0) is 18.4 Å². The molecule has 1 atom stereocenters. The zero-order valence-electron chi connectivity index (χ0n) is 10.6. The van der Waals surface area contributed by atoms with Gasteiger partial charge in [-0.2, -0.15) is 0 Å². The molecule has 0 radical (unpaired) electrons. The van der Waals surface area contributed by atoms with Crippen molar-refractivity contribution in [1.29, 1.82) is 0 Å². The SMILES string of the molecule is O=C(CCC1CCCCC1)NC1C=CS(=O)(=O)C1. The van der Waals surface area contributed by atoms with Gasteiger partial charge >= 0.3 is 0 Å². The fourth-order valence-corrected chi connectivity index (χ4v) is 3.99. The van der Waals surface area contributed by atoms with Gasteiger partial charge in [0.1, 0.15) is 0 Å². The zero-order chi connectivity index (χ0) is 13.0. The normalized spacial score (nSPS) is 27.2. The van der Waals surface area contributed by atoms with E-state index < -0.39 is 9.84 Å². The average molecular weight is 271 g/mol. The second-order valence-corrected chi connectivity index (χ2v) is 7.31. The summed E-state index contributed by atoms with van der Waals surface area (Å²) < 4.78 is 22.4. The highest BCUT2D eigenvalue weighted by Gasteiger charge is 2.23. The number of hydrogen-bond donors (Lipinski definition) is 1. The average Bonchev–Trinajstić information content (AvgIpc) is 2.67. The van der Waals surface area contributed by atoms with Crippen LogP contribution in [0, 0.1) is 5.92 Å². The smallest absolute Gasteiger partial charge is 0.220 e. The topological polar surface area (TPSA) is 63.2 Å². The number of hydrogen-bond acceptors (Lipinski definition) is 3. The molecular weight excluding hydrogens is 250 g/mol. The predicted octanol–water partition coefficient (Wildman–Crippen LogP) is 1.77. The van der Waals surface area contributed by atoms with Crippen molar-refractivity contribution in [3.05, 3.63) is 11.5 Å². The van der Waals surface area contributed by atoms with Crippen molar-refractivity contribution in [2.24, 2.45) is 5.92 Å². The Balaban J connectivity index is 1.68. The third-order valence-corrected chi connectivity index (χ3v) is 5.18.